The first-order chi connectivity index (χ1) is 13.6. The first-order valence-electron chi connectivity index (χ1n) is 8.51. The molecule has 28 heavy (non-hydrogen) atoms. The maximum Gasteiger partial charge on any atom is 0.258 e. The molecular formula is C19H16ClN7O. The summed E-state index contributed by atoms with van der Waals surface area (Å²) < 4.78 is 3.21. The van der Waals surface area contributed by atoms with Crippen molar-refractivity contribution in [2.45, 2.75) is 13.5 Å². The van der Waals surface area contributed by atoms with E-state index in [4.69, 9.17) is 11.6 Å². The fraction of sp³-hybridized carbons (Fsp3) is 0.105. The Morgan fingerprint density at radius 1 is 1.21 bits per heavy atom. The lowest BCUT2D eigenvalue weighted by molar-refractivity contribution is 0.102. The van der Waals surface area contributed by atoms with Gasteiger partial charge in [0.15, 0.2) is 0 Å². The van der Waals surface area contributed by atoms with Gasteiger partial charge in [-0.05, 0) is 46.7 Å². The molecule has 4 rings (SSSR count). The van der Waals surface area contributed by atoms with Crippen molar-refractivity contribution >= 4 is 23.2 Å². The lowest BCUT2D eigenvalue weighted by Crippen LogP contribution is -2.12. The van der Waals surface area contributed by atoms with E-state index in [0.29, 0.717) is 22.8 Å². The molecule has 2 heterocycles. The van der Waals surface area contributed by atoms with Crippen molar-refractivity contribution in [3.63, 3.8) is 0 Å². The summed E-state index contributed by atoms with van der Waals surface area (Å²) in [6, 6.07) is 13.1. The predicted octanol–water partition coefficient (Wildman–Crippen LogP) is 3.12. The van der Waals surface area contributed by atoms with Crippen molar-refractivity contribution in [3.05, 3.63) is 82.9 Å². The van der Waals surface area contributed by atoms with Gasteiger partial charge in [-0.25, -0.2) is 4.68 Å². The van der Waals surface area contributed by atoms with Crippen LogP contribution in [0.5, 0.6) is 0 Å². The molecule has 8 nitrogen and oxygen atoms in total. The quantitative estimate of drug-likeness (QED) is 0.562. The second-order valence-corrected chi connectivity index (χ2v) is 6.63. The van der Waals surface area contributed by atoms with Crippen molar-refractivity contribution in [2.24, 2.45) is 0 Å². The van der Waals surface area contributed by atoms with Crippen LogP contribution >= 0.6 is 11.6 Å². The monoisotopic (exact) mass is 393 g/mol. The molecule has 4 aromatic rings. The number of aryl methyl sites for hydroxylation is 1. The van der Waals surface area contributed by atoms with Crippen LogP contribution < -0.4 is 5.32 Å². The molecule has 0 bridgehead atoms. The summed E-state index contributed by atoms with van der Waals surface area (Å²) in [5, 5.41) is 19.0. The highest BCUT2D eigenvalue weighted by atomic mass is 35.5. The predicted molar refractivity (Wildman–Crippen MR) is 105 cm³/mol. The average molecular weight is 394 g/mol. The normalized spacial score (nSPS) is 10.8. The van der Waals surface area contributed by atoms with Gasteiger partial charge in [0.1, 0.15) is 6.33 Å². The summed E-state index contributed by atoms with van der Waals surface area (Å²) in [5.74, 6) is -0.248. The third kappa shape index (κ3) is 3.77. The highest BCUT2D eigenvalue weighted by molar-refractivity contribution is 6.31. The first kappa shape index (κ1) is 17.9. The molecular weight excluding hydrogens is 378 g/mol. The van der Waals surface area contributed by atoms with Gasteiger partial charge >= 0.3 is 0 Å². The van der Waals surface area contributed by atoms with Crippen LogP contribution in [0.4, 0.5) is 5.69 Å². The molecule has 1 N–H and O–H groups in total. The molecule has 1 amide bonds. The number of anilines is 1. The van der Waals surface area contributed by atoms with Crippen LogP contribution in [0.25, 0.3) is 5.69 Å². The Labute approximate surface area is 165 Å². The molecule has 0 saturated carbocycles. The summed E-state index contributed by atoms with van der Waals surface area (Å²) in [4.78, 5) is 12.7. The zero-order valence-electron chi connectivity index (χ0n) is 15.0. The summed E-state index contributed by atoms with van der Waals surface area (Å²) in [5.41, 5.74) is 3.74. The van der Waals surface area contributed by atoms with E-state index < -0.39 is 0 Å². The van der Waals surface area contributed by atoms with E-state index in [1.54, 1.807) is 10.9 Å². The molecule has 0 unspecified atom stereocenters. The van der Waals surface area contributed by atoms with Crippen molar-refractivity contribution in [1.29, 1.82) is 0 Å². The zero-order chi connectivity index (χ0) is 19.5. The number of aromatic nitrogens is 6. The minimum Gasteiger partial charge on any atom is -0.322 e. The van der Waals surface area contributed by atoms with Crippen LogP contribution in [-0.2, 0) is 6.54 Å². The second kappa shape index (κ2) is 7.61. The maximum absolute atomic E-state index is 12.7. The lowest BCUT2D eigenvalue weighted by Gasteiger charge is -2.09. The van der Waals surface area contributed by atoms with Gasteiger partial charge in [-0.1, -0.05) is 35.9 Å². The zero-order valence-corrected chi connectivity index (χ0v) is 15.7. The van der Waals surface area contributed by atoms with Crippen LogP contribution in [0.15, 0.2) is 61.2 Å². The van der Waals surface area contributed by atoms with Gasteiger partial charge in [-0.15, -0.1) is 5.10 Å². The SMILES string of the molecule is Cc1ccc(-n2cnnn2)cc1NC(=O)c1cnn(Cc2ccccc2Cl)c1. The Kier molecular flexibility index (Phi) is 4.86. The maximum atomic E-state index is 12.7. The van der Waals surface area contributed by atoms with Crippen LogP contribution in [0, 0.1) is 6.92 Å². The number of hydrogen-bond donors (Lipinski definition) is 1. The van der Waals surface area contributed by atoms with Gasteiger partial charge in [-0.2, -0.15) is 5.10 Å². The van der Waals surface area contributed by atoms with Gasteiger partial charge in [0.25, 0.3) is 5.91 Å². The first-order valence-corrected chi connectivity index (χ1v) is 8.89. The van der Waals surface area contributed by atoms with E-state index in [0.717, 1.165) is 16.8 Å². The number of halogens is 1. The summed E-state index contributed by atoms with van der Waals surface area (Å²) in [6.45, 7) is 2.40. The third-order valence-electron chi connectivity index (χ3n) is 4.27. The highest BCUT2D eigenvalue weighted by Crippen LogP contribution is 2.20. The van der Waals surface area contributed by atoms with Crippen molar-refractivity contribution in [1.82, 2.24) is 30.0 Å². The second-order valence-electron chi connectivity index (χ2n) is 6.23. The highest BCUT2D eigenvalue weighted by Gasteiger charge is 2.12. The van der Waals surface area contributed by atoms with E-state index in [2.05, 4.69) is 25.9 Å². The largest absolute Gasteiger partial charge is 0.322 e. The van der Waals surface area contributed by atoms with Crippen LogP contribution in [-0.4, -0.2) is 35.9 Å². The number of amides is 1. The summed E-state index contributed by atoms with van der Waals surface area (Å²) >= 11 is 6.19. The molecule has 140 valence electrons. The van der Waals surface area contributed by atoms with E-state index in [1.165, 1.54) is 17.2 Å². The molecule has 0 atom stereocenters. The molecule has 0 fully saturated rings. The third-order valence-corrected chi connectivity index (χ3v) is 4.64. The molecule has 0 radical (unpaired) electrons. The minimum absolute atomic E-state index is 0.248. The fourth-order valence-corrected chi connectivity index (χ4v) is 2.93. The van der Waals surface area contributed by atoms with Gasteiger partial charge in [0.2, 0.25) is 0 Å². The average Bonchev–Trinajstić information content (AvgIpc) is 3.37. The number of tetrazole rings is 1. The Bertz CT molecular complexity index is 1120. The molecule has 0 aliphatic heterocycles. The number of hydrogen-bond acceptors (Lipinski definition) is 5. The molecule has 9 heteroatoms. The number of carbonyl (C=O) groups is 1. The molecule has 2 aromatic carbocycles. The Hall–Kier alpha value is -3.52. The smallest absolute Gasteiger partial charge is 0.258 e. The minimum atomic E-state index is -0.248. The molecule has 0 aliphatic rings. The lowest BCUT2D eigenvalue weighted by atomic mass is 10.1. The van der Waals surface area contributed by atoms with Crippen LogP contribution in [0.3, 0.4) is 0 Å². The molecule has 0 saturated heterocycles. The van der Waals surface area contributed by atoms with Gasteiger partial charge < -0.3 is 5.32 Å². The molecule has 0 spiro atoms. The van der Waals surface area contributed by atoms with Crippen LogP contribution in [0.1, 0.15) is 21.5 Å². The van der Waals surface area contributed by atoms with Crippen molar-refractivity contribution < 1.29 is 4.79 Å². The Balaban J connectivity index is 1.51. The fourth-order valence-electron chi connectivity index (χ4n) is 2.73. The van der Waals surface area contributed by atoms with Crippen molar-refractivity contribution in [3.8, 4) is 5.69 Å². The van der Waals surface area contributed by atoms with Crippen molar-refractivity contribution in [2.75, 3.05) is 5.32 Å². The topological polar surface area (TPSA) is 90.5 Å². The van der Waals surface area contributed by atoms with E-state index in [1.807, 2.05) is 49.4 Å². The van der Waals surface area contributed by atoms with Gasteiger partial charge in [0, 0.05) is 16.9 Å². The standard InChI is InChI=1S/C19H16ClN7O/c1-13-6-7-16(27-12-21-24-25-27)8-18(13)23-19(28)15-9-22-26(11-15)10-14-4-2-3-5-17(14)20/h2-9,11-12H,10H2,1H3,(H,23,28). The van der Waals surface area contributed by atoms with Gasteiger partial charge in [0.05, 0.1) is 24.0 Å². The number of benzene rings is 2. The number of nitrogens with zero attached hydrogens (tertiary/aromatic N) is 6. The summed E-state index contributed by atoms with van der Waals surface area (Å²) in [6.07, 6.45) is 4.72. The van der Waals surface area contributed by atoms with E-state index >= 15 is 0 Å². The number of rotatable bonds is 5. The number of nitrogens with one attached hydrogen (secondary N) is 1. The van der Waals surface area contributed by atoms with Gasteiger partial charge in [-0.3, -0.25) is 9.48 Å². The van der Waals surface area contributed by atoms with E-state index in [-0.39, 0.29) is 5.91 Å². The Morgan fingerprint density at radius 2 is 2.07 bits per heavy atom. The number of carbonyl (C=O) groups excluding carboxylic acids is 1. The Morgan fingerprint density at radius 3 is 2.86 bits per heavy atom. The molecule has 0 aliphatic carbocycles. The van der Waals surface area contributed by atoms with Crippen LogP contribution in [0.2, 0.25) is 5.02 Å². The summed E-state index contributed by atoms with van der Waals surface area (Å²) in [7, 11) is 0. The van der Waals surface area contributed by atoms with E-state index in [9.17, 15) is 4.79 Å². The molecule has 2 aromatic heterocycles.